The average Bonchev–Trinajstić information content (AvgIpc) is 2.33. The van der Waals surface area contributed by atoms with Crippen molar-refractivity contribution < 1.29 is 23.1 Å². The molecule has 0 aliphatic rings. The van der Waals surface area contributed by atoms with Crippen LogP contribution in [0.25, 0.3) is 0 Å². The molecule has 0 bridgehead atoms. The largest absolute Gasteiger partial charge is 0.478 e. The molecular formula is C13H18N2O5S. The normalized spacial score (nSPS) is 11.3. The molecule has 0 aliphatic carbocycles. The summed E-state index contributed by atoms with van der Waals surface area (Å²) in [5.74, 6) is -1.69. The molecule has 0 unspecified atom stereocenters. The van der Waals surface area contributed by atoms with Crippen molar-refractivity contribution in [2.75, 3.05) is 6.54 Å². The number of rotatable bonds is 7. The van der Waals surface area contributed by atoms with Gasteiger partial charge in [-0.2, -0.15) is 0 Å². The lowest BCUT2D eigenvalue weighted by molar-refractivity contribution is -0.118. The van der Waals surface area contributed by atoms with Crippen LogP contribution in [0.2, 0.25) is 0 Å². The Morgan fingerprint density at radius 3 is 2.38 bits per heavy atom. The van der Waals surface area contributed by atoms with Crippen molar-refractivity contribution in [2.24, 2.45) is 5.73 Å². The van der Waals surface area contributed by atoms with Crippen LogP contribution in [0.4, 0.5) is 0 Å². The number of amides is 1. The average molecular weight is 314 g/mol. The minimum atomic E-state index is -3.83. The summed E-state index contributed by atoms with van der Waals surface area (Å²) >= 11 is 0. The van der Waals surface area contributed by atoms with E-state index in [4.69, 9.17) is 10.8 Å². The second-order valence-corrected chi connectivity index (χ2v) is 6.44. The fourth-order valence-electron chi connectivity index (χ4n) is 1.90. The van der Waals surface area contributed by atoms with E-state index < -0.39 is 21.9 Å². The van der Waals surface area contributed by atoms with E-state index in [1.165, 1.54) is 6.07 Å². The predicted molar refractivity (Wildman–Crippen MR) is 76.5 cm³/mol. The quantitative estimate of drug-likeness (QED) is 0.633. The Morgan fingerprint density at radius 1 is 1.24 bits per heavy atom. The van der Waals surface area contributed by atoms with E-state index in [2.05, 4.69) is 4.72 Å². The Hall–Kier alpha value is -1.93. The molecule has 21 heavy (non-hydrogen) atoms. The van der Waals surface area contributed by atoms with Gasteiger partial charge in [0.1, 0.15) is 0 Å². The van der Waals surface area contributed by atoms with Gasteiger partial charge < -0.3 is 10.8 Å². The predicted octanol–water partition coefficient (Wildman–Crippen LogP) is 0.545. The second kappa shape index (κ2) is 6.68. The van der Waals surface area contributed by atoms with Gasteiger partial charge in [0.05, 0.1) is 10.5 Å². The first-order chi connectivity index (χ1) is 9.65. The highest BCUT2D eigenvalue weighted by Gasteiger charge is 2.20. The summed E-state index contributed by atoms with van der Waals surface area (Å²) in [7, 11) is -3.83. The number of hydrogen-bond acceptors (Lipinski definition) is 4. The summed E-state index contributed by atoms with van der Waals surface area (Å²) in [4.78, 5) is 21.6. The van der Waals surface area contributed by atoms with Crippen LogP contribution in [-0.4, -0.2) is 31.9 Å². The van der Waals surface area contributed by atoms with E-state index in [9.17, 15) is 18.0 Å². The number of carbonyl (C=O) groups is 2. The van der Waals surface area contributed by atoms with E-state index in [1.807, 2.05) is 0 Å². The molecule has 116 valence electrons. The Labute approximate surface area is 123 Å². The maximum Gasteiger partial charge on any atom is 0.335 e. The molecule has 7 nitrogen and oxygen atoms in total. The summed E-state index contributed by atoms with van der Waals surface area (Å²) < 4.78 is 26.7. The van der Waals surface area contributed by atoms with E-state index in [1.54, 1.807) is 13.8 Å². The lowest BCUT2D eigenvalue weighted by Gasteiger charge is -2.11. The first-order valence-corrected chi connectivity index (χ1v) is 7.76. The highest BCUT2D eigenvalue weighted by atomic mass is 32.2. The van der Waals surface area contributed by atoms with Crippen molar-refractivity contribution in [2.45, 2.75) is 31.6 Å². The van der Waals surface area contributed by atoms with E-state index in [0.29, 0.717) is 11.1 Å². The van der Waals surface area contributed by atoms with Gasteiger partial charge in [-0.1, -0.05) is 6.07 Å². The molecule has 0 aliphatic heterocycles. The number of aryl methyl sites for hydroxylation is 2. The van der Waals surface area contributed by atoms with Crippen molar-refractivity contribution in [3.05, 3.63) is 28.8 Å². The maximum absolute atomic E-state index is 12.2. The van der Waals surface area contributed by atoms with Crippen LogP contribution >= 0.6 is 0 Å². The monoisotopic (exact) mass is 314 g/mol. The molecule has 1 aromatic carbocycles. The molecule has 0 saturated heterocycles. The van der Waals surface area contributed by atoms with Gasteiger partial charge >= 0.3 is 5.97 Å². The van der Waals surface area contributed by atoms with Gasteiger partial charge in [0.2, 0.25) is 15.9 Å². The Morgan fingerprint density at radius 2 is 1.86 bits per heavy atom. The van der Waals surface area contributed by atoms with Crippen LogP contribution in [0.5, 0.6) is 0 Å². The van der Waals surface area contributed by atoms with Gasteiger partial charge in [-0.05, 0) is 37.5 Å². The number of nitrogens with two attached hydrogens (primary N) is 1. The van der Waals surface area contributed by atoms with Crippen molar-refractivity contribution >= 4 is 21.9 Å². The zero-order valence-electron chi connectivity index (χ0n) is 11.8. The Bertz CT molecular complexity index is 667. The molecular weight excluding hydrogens is 296 g/mol. The molecule has 1 aromatic rings. The number of aromatic carboxylic acids is 1. The minimum Gasteiger partial charge on any atom is -0.478 e. The molecule has 1 rings (SSSR count). The number of sulfonamides is 1. The third-order valence-electron chi connectivity index (χ3n) is 2.93. The number of carbonyl (C=O) groups excluding carboxylic acids is 1. The molecule has 0 fully saturated rings. The van der Waals surface area contributed by atoms with E-state index in [0.717, 1.165) is 6.07 Å². The fourth-order valence-corrected chi connectivity index (χ4v) is 3.22. The summed E-state index contributed by atoms with van der Waals surface area (Å²) in [6.07, 6.45) is 0.362. The SMILES string of the molecule is Cc1cc(C)c(S(=O)(=O)NCCCC(N)=O)cc1C(=O)O. The van der Waals surface area contributed by atoms with Crippen molar-refractivity contribution in [3.8, 4) is 0 Å². The number of primary amides is 1. The topological polar surface area (TPSA) is 127 Å². The van der Waals surface area contributed by atoms with Crippen LogP contribution in [0.15, 0.2) is 17.0 Å². The van der Waals surface area contributed by atoms with Gasteiger partial charge in [0.25, 0.3) is 0 Å². The number of hydrogen-bond donors (Lipinski definition) is 3. The Balaban J connectivity index is 3.00. The van der Waals surface area contributed by atoms with Crippen LogP contribution in [0, 0.1) is 13.8 Å². The fraction of sp³-hybridized carbons (Fsp3) is 0.385. The molecule has 0 saturated carbocycles. The second-order valence-electron chi connectivity index (χ2n) is 4.71. The number of nitrogens with one attached hydrogen (secondary N) is 1. The van der Waals surface area contributed by atoms with Gasteiger partial charge in [0, 0.05) is 13.0 Å². The zero-order chi connectivity index (χ0) is 16.2. The number of carboxylic acids is 1. The van der Waals surface area contributed by atoms with E-state index in [-0.39, 0.29) is 29.8 Å². The van der Waals surface area contributed by atoms with Gasteiger partial charge in [-0.25, -0.2) is 17.9 Å². The van der Waals surface area contributed by atoms with Gasteiger partial charge in [0.15, 0.2) is 0 Å². The first kappa shape index (κ1) is 17.1. The Kier molecular flexibility index (Phi) is 5.45. The lowest BCUT2D eigenvalue weighted by atomic mass is 10.1. The van der Waals surface area contributed by atoms with Gasteiger partial charge in [-0.3, -0.25) is 4.79 Å². The van der Waals surface area contributed by atoms with Gasteiger partial charge in [-0.15, -0.1) is 0 Å². The molecule has 0 atom stereocenters. The molecule has 1 amide bonds. The summed E-state index contributed by atoms with van der Waals surface area (Å²) in [5.41, 5.74) is 5.86. The van der Waals surface area contributed by atoms with Crippen LogP contribution in [0.3, 0.4) is 0 Å². The van der Waals surface area contributed by atoms with Crippen LogP contribution < -0.4 is 10.5 Å². The molecule has 0 spiro atoms. The maximum atomic E-state index is 12.2. The highest BCUT2D eigenvalue weighted by Crippen LogP contribution is 2.20. The van der Waals surface area contributed by atoms with Crippen molar-refractivity contribution in [1.82, 2.24) is 4.72 Å². The van der Waals surface area contributed by atoms with E-state index >= 15 is 0 Å². The molecule has 8 heteroatoms. The molecule has 0 radical (unpaired) electrons. The number of carboxylic acid groups (broad SMARTS) is 1. The van der Waals surface area contributed by atoms with Crippen molar-refractivity contribution in [1.29, 1.82) is 0 Å². The first-order valence-electron chi connectivity index (χ1n) is 6.27. The lowest BCUT2D eigenvalue weighted by Crippen LogP contribution is -2.27. The summed E-state index contributed by atoms with van der Waals surface area (Å²) in [6, 6.07) is 2.66. The minimum absolute atomic E-state index is 0.0565. The standard InChI is InChI=1S/C13H18N2O5S/c1-8-6-9(2)11(7-10(8)13(17)18)21(19,20)15-5-3-4-12(14)16/h6-7,15H,3-5H2,1-2H3,(H2,14,16)(H,17,18). The third-order valence-corrected chi connectivity index (χ3v) is 4.54. The zero-order valence-corrected chi connectivity index (χ0v) is 12.7. The third kappa shape index (κ3) is 4.54. The highest BCUT2D eigenvalue weighted by molar-refractivity contribution is 7.89. The van der Waals surface area contributed by atoms with Crippen LogP contribution in [0.1, 0.15) is 34.3 Å². The molecule has 0 heterocycles. The smallest absolute Gasteiger partial charge is 0.335 e. The summed E-state index contributed by atoms with van der Waals surface area (Å²) in [6.45, 7) is 3.25. The van der Waals surface area contributed by atoms with Crippen molar-refractivity contribution in [3.63, 3.8) is 0 Å². The molecule has 0 aromatic heterocycles. The van der Waals surface area contributed by atoms with Crippen LogP contribution in [-0.2, 0) is 14.8 Å². The number of benzene rings is 1. The summed E-state index contributed by atoms with van der Waals surface area (Å²) in [5, 5.41) is 9.06. The molecule has 4 N–H and O–H groups in total.